The zero-order valence-electron chi connectivity index (χ0n) is 19.2. The fraction of sp³-hybridized carbons (Fsp3) is 0.321. The summed E-state index contributed by atoms with van der Waals surface area (Å²) in [4.78, 5) is 14.6. The Kier molecular flexibility index (Phi) is 6.39. The van der Waals surface area contributed by atoms with E-state index in [4.69, 9.17) is 0 Å². The van der Waals surface area contributed by atoms with Gasteiger partial charge in [-0.1, -0.05) is 36.4 Å². The zero-order valence-corrected chi connectivity index (χ0v) is 19.2. The van der Waals surface area contributed by atoms with E-state index in [2.05, 4.69) is 76.0 Å². The summed E-state index contributed by atoms with van der Waals surface area (Å²) in [6.45, 7) is 15.0. The second-order valence-corrected chi connectivity index (χ2v) is 8.70. The fourth-order valence-corrected chi connectivity index (χ4v) is 4.33. The normalized spacial score (nSPS) is 10.8. The monoisotopic (exact) mass is 397 g/mol. The third-order valence-electron chi connectivity index (χ3n) is 6.23. The minimum atomic E-state index is 0.736. The Bertz CT molecular complexity index is 1140. The highest BCUT2D eigenvalue weighted by molar-refractivity contribution is 5.59. The molecule has 0 atom stereocenters. The molecule has 0 N–H and O–H groups in total. The lowest BCUT2D eigenvalue weighted by atomic mass is 9.89. The van der Waals surface area contributed by atoms with Gasteiger partial charge in [-0.3, -0.25) is 0 Å². The molecule has 30 heavy (non-hydrogen) atoms. The molecule has 0 unspecified atom stereocenters. The molecular formula is C28H31NO. The van der Waals surface area contributed by atoms with E-state index in [1.807, 2.05) is 13.8 Å². The van der Waals surface area contributed by atoms with Crippen LogP contribution in [0.4, 0.5) is 5.69 Å². The lowest BCUT2D eigenvalue weighted by molar-refractivity contribution is 0.565. The molecule has 0 fully saturated rings. The van der Waals surface area contributed by atoms with Gasteiger partial charge in [-0.05, 0) is 123 Å². The van der Waals surface area contributed by atoms with Gasteiger partial charge in [0.25, 0.3) is 0 Å². The van der Waals surface area contributed by atoms with Crippen LogP contribution in [0.2, 0.25) is 0 Å². The molecule has 0 saturated heterocycles. The van der Waals surface area contributed by atoms with Crippen LogP contribution in [-0.4, -0.2) is 6.08 Å². The highest BCUT2D eigenvalue weighted by atomic mass is 16.1. The number of nitrogens with zero attached hydrogens (tertiary/aromatic N) is 1. The number of benzene rings is 3. The molecule has 154 valence electrons. The van der Waals surface area contributed by atoms with Crippen molar-refractivity contribution in [2.45, 2.75) is 61.3 Å². The van der Waals surface area contributed by atoms with Crippen LogP contribution < -0.4 is 0 Å². The molecule has 0 amide bonds. The molecule has 0 aliphatic rings. The summed E-state index contributed by atoms with van der Waals surface area (Å²) in [5, 5.41) is 0. The van der Waals surface area contributed by atoms with Crippen molar-refractivity contribution in [1.82, 2.24) is 0 Å². The largest absolute Gasteiger partial charge is 0.240 e. The van der Waals surface area contributed by atoms with Crippen molar-refractivity contribution < 1.29 is 4.79 Å². The van der Waals surface area contributed by atoms with Crippen LogP contribution in [0.1, 0.15) is 61.2 Å². The van der Waals surface area contributed by atoms with E-state index in [0.717, 1.165) is 29.7 Å². The Hall–Kier alpha value is -2.96. The van der Waals surface area contributed by atoms with E-state index in [1.165, 1.54) is 50.1 Å². The maximum Gasteiger partial charge on any atom is 0.240 e. The first-order valence-corrected chi connectivity index (χ1v) is 10.5. The number of hydrogen-bond donors (Lipinski definition) is 0. The van der Waals surface area contributed by atoms with Gasteiger partial charge in [-0.15, -0.1) is 0 Å². The molecule has 3 rings (SSSR count). The van der Waals surface area contributed by atoms with Gasteiger partial charge in [0.15, 0.2) is 0 Å². The van der Waals surface area contributed by atoms with Crippen LogP contribution in [0.15, 0.2) is 41.4 Å². The predicted molar refractivity (Wildman–Crippen MR) is 126 cm³/mol. The van der Waals surface area contributed by atoms with Gasteiger partial charge in [-0.25, -0.2) is 4.79 Å². The number of isocyanates is 1. The average Bonchev–Trinajstić information content (AvgIpc) is 2.66. The van der Waals surface area contributed by atoms with Gasteiger partial charge >= 0.3 is 0 Å². The van der Waals surface area contributed by atoms with Crippen LogP contribution >= 0.6 is 0 Å². The van der Waals surface area contributed by atoms with Crippen molar-refractivity contribution in [1.29, 1.82) is 0 Å². The van der Waals surface area contributed by atoms with Crippen molar-refractivity contribution >= 4 is 11.8 Å². The first kappa shape index (κ1) is 21.7. The van der Waals surface area contributed by atoms with E-state index in [1.54, 1.807) is 6.08 Å². The summed E-state index contributed by atoms with van der Waals surface area (Å²) < 4.78 is 0. The highest BCUT2D eigenvalue weighted by Crippen LogP contribution is 2.28. The smallest absolute Gasteiger partial charge is 0.211 e. The Morgan fingerprint density at radius 3 is 1.60 bits per heavy atom. The second-order valence-electron chi connectivity index (χ2n) is 8.70. The topological polar surface area (TPSA) is 29.4 Å². The number of rotatable bonds is 5. The Balaban J connectivity index is 1.96. The minimum Gasteiger partial charge on any atom is -0.211 e. The molecule has 0 aromatic heterocycles. The van der Waals surface area contributed by atoms with Gasteiger partial charge in [0.05, 0.1) is 5.69 Å². The lowest BCUT2D eigenvalue weighted by Gasteiger charge is -2.16. The van der Waals surface area contributed by atoms with Crippen LogP contribution in [0.5, 0.6) is 0 Å². The van der Waals surface area contributed by atoms with Gasteiger partial charge in [0.1, 0.15) is 0 Å². The van der Waals surface area contributed by atoms with Gasteiger partial charge in [-0.2, -0.15) is 4.99 Å². The Morgan fingerprint density at radius 2 is 1.03 bits per heavy atom. The van der Waals surface area contributed by atoms with Crippen molar-refractivity contribution in [3.63, 3.8) is 0 Å². The Labute approximate surface area is 180 Å². The molecule has 0 saturated carbocycles. The first-order valence-electron chi connectivity index (χ1n) is 10.5. The highest BCUT2D eigenvalue weighted by Gasteiger charge is 2.11. The van der Waals surface area contributed by atoms with Crippen LogP contribution in [0.25, 0.3) is 0 Å². The molecule has 0 heterocycles. The molecule has 0 aliphatic heterocycles. The summed E-state index contributed by atoms with van der Waals surface area (Å²) in [5.74, 6) is 0. The van der Waals surface area contributed by atoms with Crippen molar-refractivity contribution in [2.24, 2.45) is 4.99 Å². The Morgan fingerprint density at radius 1 is 0.567 bits per heavy atom. The van der Waals surface area contributed by atoms with Gasteiger partial charge in [0, 0.05) is 0 Å². The van der Waals surface area contributed by atoms with E-state index < -0.39 is 0 Å². The zero-order chi connectivity index (χ0) is 22.0. The van der Waals surface area contributed by atoms with Crippen molar-refractivity contribution in [3.05, 3.63) is 97.6 Å². The quantitative estimate of drug-likeness (QED) is 0.337. The van der Waals surface area contributed by atoms with E-state index in [-0.39, 0.29) is 0 Å². The summed E-state index contributed by atoms with van der Waals surface area (Å²) in [6, 6.07) is 13.6. The maximum atomic E-state index is 10.7. The number of carbonyl (C=O) groups excluding carboxylic acids is 1. The molecule has 2 heteroatoms. The van der Waals surface area contributed by atoms with Gasteiger partial charge < -0.3 is 0 Å². The molecule has 0 bridgehead atoms. The van der Waals surface area contributed by atoms with Gasteiger partial charge in [0.2, 0.25) is 6.08 Å². The average molecular weight is 398 g/mol. The summed E-state index contributed by atoms with van der Waals surface area (Å²) in [6.07, 6.45) is 3.50. The van der Waals surface area contributed by atoms with Crippen molar-refractivity contribution in [3.8, 4) is 0 Å². The molecule has 0 spiro atoms. The first-order chi connectivity index (χ1) is 14.2. The molecule has 0 aliphatic carbocycles. The maximum absolute atomic E-state index is 10.7. The minimum absolute atomic E-state index is 0.736. The van der Waals surface area contributed by atoms with Crippen LogP contribution in [-0.2, 0) is 17.6 Å². The number of hydrogen-bond acceptors (Lipinski definition) is 2. The predicted octanol–water partition coefficient (Wildman–Crippen LogP) is 6.99. The third kappa shape index (κ3) is 4.61. The number of aryl methyl sites for hydroxylation is 7. The summed E-state index contributed by atoms with van der Waals surface area (Å²) in [7, 11) is 0. The van der Waals surface area contributed by atoms with E-state index in [9.17, 15) is 4.79 Å². The van der Waals surface area contributed by atoms with E-state index in [0.29, 0.717) is 0 Å². The van der Waals surface area contributed by atoms with Crippen LogP contribution in [0, 0.1) is 48.5 Å². The third-order valence-corrected chi connectivity index (χ3v) is 6.23. The molecule has 2 nitrogen and oxygen atoms in total. The standard InChI is InChI=1S/C28H31NO/c1-17-8-19(3)25(12-18(17)2)14-27-15-26(20(4)9-21(27)5)13-24-10-22(6)28(29-16-30)23(7)11-24/h8-12,15H,13-14H2,1-7H3. The van der Waals surface area contributed by atoms with Crippen LogP contribution in [0.3, 0.4) is 0 Å². The molecule has 3 aromatic rings. The van der Waals surface area contributed by atoms with Crippen molar-refractivity contribution in [2.75, 3.05) is 0 Å². The SMILES string of the molecule is Cc1cc(C)c(Cc2cc(Cc3cc(C)c(N=C=O)c(C)c3)c(C)cc2C)cc1C. The second kappa shape index (κ2) is 8.81. The summed E-state index contributed by atoms with van der Waals surface area (Å²) in [5.41, 5.74) is 14.9. The molecule has 3 aromatic carbocycles. The van der Waals surface area contributed by atoms with E-state index >= 15 is 0 Å². The number of aliphatic imine (C=N–C) groups is 1. The summed E-state index contributed by atoms with van der Waals surface area (Å²) >= 11 is 0. The molecule has 0 radical (unpaired) electrons. The lowest BCUT2D eigenvalue weighted by Crippen LogP contribution is -2.01. The fourth-order valence-electron chi connectivity index (χ4n) is 4.33. The molecular weight excluding hydrogens is 366 g/mol.